The molecule has 0 aliphatic rings. The van der Waals surface area contributed by atoms with E-state index in [2.05, 4.69) is 4.72 Å². The molecule has 0 aliphatic heterocycles. The Kier molecular flexibility index (Phi) is 5.70. The van der Waals surface area contributed by atoms with Gasteiger partial charge in [-0.25, -0.2) is 17.6 Å². The summed E-state index contributed by atoms with van der Waals surface area (Å²) in [4.78, 5) is 11.1. The van der Waals surface area contributed by atoms with Gasteiger partial charge in [0.25, 0.3) is 10.0 Å². The fourth-order valence-electron chi connectivity index (χ4n) is 1.87. The molecule has 0 saturated carbocycles. The zero-order valence-corrected chi connectivity index (χ0v) is 13.7. The molecule has 5 nitrogen and oxygen atoms in total. The summed E-state index contributed by atoms with van der Waals surface area (Å²) in [5, 5.41) is 0. The zero-order chi connectivity index (χ0) is 17.6. The van der Waals surface area contributed by atoms with Gasteiger partial charge in [-0.05, 0) is 48.9 Å². The van der Waals surface area contributed by atoms with Gasteiger partial charge < -0.3 is 4.74 Å². The van der Waals surface area contributed by atoms with Gasteiger partial charge >= 0.3 is 5.97 Å². The molecule has 0 spiro atoms. The maximum absolute atomic E-state index is 13.2. The number of carbonyl (C=O) groups excluding carboxylic acids is 1. The van der Waals surface area contributed by atoms with Crippen LogP contribution in [0.4, 0.5) is 10.1 Å². The van der Waals surface area contributed by atoms with Crippen molar-refractivity contribution >= 4 is 27.8 Å². The third-order valence-electron chi connectivity index (χ3n) is 2.97. The van der Waals surface area contributed by atoms with Gasteiger partial charge in [-0.15, -0.1) is 0 Å². The van der Waals surface area contributed by atoms with Crippen molar-refractivity contribution in [1.29, 1.82) is 0 Å². The second-order valence-corrected chi connectivity index (χ2v) is 6.45. The Morgan fingerprint density at radius 1 is 1.21 bits per heavy atom. The molecule has 0 radical (unpaired) electrons. The molecule has 7 heteroatoms. The van der Waals surface area contributed by atoms with Crippen LogP contribution in [0.5, 0.6) is 0 Å². The number of benzene rings is 2. The highest BCUT2D eigenvalue weighted by Crippen LogP contribution is 2.17. The SMILES string of the molecule is CCOC(=O)/C=C/c1ccc(NS(=O)(=O)c2cccc(F)c2)cc1. The first kappa shape index (κ1) is 17.7. The number of sulfonamides is 1. The predicted octanol–water partition coefficient (Wildman–Crippen LogP) is 3.20. The Morgan fingerprint density at radius 3 is 2.54 bits per heavy atom. The molecule has 2 aromatic carbocycles. The summed E-state index contributed by atoms with van der Waals surface area (Å²) in [7, 11) is -3.86. The molecular weight excluding hydrogens is 333 g/mol. The molecule has 24 heavy (non-hydrogen) atoms. The van der Waals surface area contributed by atoms with Gasteiger partial charge in [0.15, 0.2) is 0 Å². The number of halogens is 1. The molecule has 0 atom stereocenters. The molecule has 0 bridgehead atoms. The van der Waals surface area contributed by atoms with Gasteiger partial charge in [0.1, 0.15) is 5.82 Å². The van der Waals surface area contributed by atoms with Gasteiger partial charge in [-0.1, -0.05) is 18.2 Å². The average molecular weight is 349 g/mol. The molecule has 0 saturated heterocycles. The minimum atomic E-state index is -3.86. The van der Waals surface area contributed by atoms with Gasteiger partial charge in [0.05, 0.1) is 11.5 Å². The van der Waals surface area contributed by atoms with Gasteiger partial charge in [0, 0.05) is 11.8 Å². The lowest BCUT2D eigenvalue weighted by Crippen LogP contribution is -2.13. The van der Waals surface area contributed by atoms with Crippen LogP contribution < -0.4 is 4.72 Å². The van der Waals surface area contributed by atoms with E-state index < -0.39 is 21.8 Å². The van der Waals surface area contributed by atoms with Gasteiger partial charge in [0.2, 0.25) is 0 Å². The summed E-state index contributed by atoms with van der Waals surface area (Å²) >= 11 is 0. The third kappa shape index (κ3) is 4.92. The number of ether oxygens (including phenoxy) is 1. The van der Waals surface area contributed by atoms with E-state index in [1.54, 1.807) is 37.3 Å². The highest BCUT2D eigenvalue weighted by molar-refractivity contribution is 7.92. The molecule has 0 aliphatic carbocycles. The first-order chi connectivity index (χ1) is 11.4. The van der Waals surface area contributed by atoms with Crippen molar-refractivity contribution in [2.45, 2.75) is 11.8 Å². The van der Waals surface area contributed by atoms with Crippen molar-refractivity contribution in [3.63, 3.8) is 0 Å². The number of rotatable bonds is 6. The van der Waals surface area contributed by atoms with Crippen LogP contribution in [-0.4, -0.2) is 21.0 Å². The Bertz CT molecular complexity index is 845. The van der Waals surface area contributed by atoms with Crippen LogP contribution in [-0.2, 0) is 19.6 Å². The topological polar surface area (TPSA) is 72.5 Å². The Hall–Kier alpha value is -2.67. The Balaban J connectivity index is 2.10. The molecule has 0 heterocycles. The van der Waals surface area contributed by atoms with E-state index in [1.807, 2.05) is 0 Å². The van der Waals surface area contributed by atoms with E-state index in [-0.39, 0.29) is 4.90 Å². The third-order valence-corrected chi connectivity index (χ3v) is 4.35. The number of anilines is 1. The van der Waals surface area contributed by atoms with Crippen LogP contribution in [0.25, 0.3) is 6.08 Å². The summed E-state index contributed by atoms with van der Waals surface area (Å²) in [5.41, 5.74) is 1.03. The van der Waals surface area contributed by atoms with E-state index in [9.17, 15) is 17.6 Å². The molecule has 2 rings (SSSR count). The highest BCUT2D eigenvalue weighted by Gasteiger charge is 2.14. The first-order valence-electron chi connectivity index (χ1n) is 7.14. The lowest BCUT2D eigenvalue weighted by molar-refractivity contribution is -0.137. The normalized spacial score (nSPS) is 11.4. The Labute approximate surface area is 139 Å². The summed E-state index contributed by atoms with van der Waals surface area (Å²) < 4.78 is 44.6. The van der Waals surface area contributed by atoms with Crippen LogP contribution in [0.2, 0.25) is 0 Å². The molecule has 0 aromatic heterocycles. The summed E-state index contributed by atoms with van der Waals surface area (Å²) in [5.74, 6) is -1.08. The highest BCUT2D eigenvalue weighted by atomic mass is 32.2. The summed E-state index contributed by atoms with van der Waals surface area (Å²) in [6.07, 6.45) is 2.85. The molecule has 1 N–H and O–H groups in total. The quantitative estimate of drug-likeness (QED) is 0.642. The minimum Gasteiger partial charge on any atom is -0.463 e. The molecular formula is C17H16FNO4S. The molecule has 126 valence electrons. The Morgan fingerprint density at radius 2 is 1.92 bits per heavy atom. The monoisotopic (exact) mass is 349 g/mol. The summed E-state index contributed by atoms with van der Waals surface area (Å²) in [6, 6.07) is 11.1. The van der Waals surface area contributed by atoms with Crippen molar-refractivity contribution in [1.82, 2.24) is 0 Å². The standard InChI is InChI=1S/C17H16FNO4S/c1-2-23-17(20)11-8-13-6-9-15(10-7-13)19-24(21,22)16-5-3-4-14(18)12-16/h3-12,19H,2H2,1H3/b11-8+. The first-order valence-corrected chi connectivity index (χ1v) is 8.62. The van der Waals surface area contributed by atoms with E-state index >= 15 is 0 Å². The maximum atomic E-state index is 13.2. The van der Waals surface area contributed by atoms with E-state index in [0.717, 1.165) is 6.07 Å². The number of carbonyl (C=O) groups is 1. The fourth-order valence-corrected chi connectivity index (χ4v) is 2.95. The predicted molar refractivity (Wildman–Crippen MR) is 89.3 cm³/mol. The number of nitrogens with one attached hydrogen (secondary N) is 1. The second kappa shape index (κ2) is 7.74. The largest absolute Gasteiger partial charge is 0.463 e. The van der Waals surface area contributed by atoms with E-state index in [0.29, 0.717) is 17.9 Å². The second-order valence-electron chi connectivity index (χ2n) is 4.77. The summed E-state index contributed by atoms with van der Waals surface area (Å²) in [6.45, 7) is 2.01. The maximum Gasteiger partial charge on any atom is 0.330 e. The average Bonchev–Trinajstić information content (AvgIpc) is 2.54. The number of esters is 1. The van der Waals surface area contributed by atoms with Crippen molar-refractivity contribution in [3.05, 3.63) is 66.0 Å². The van der Waals surface area contributed by atoms with Gasteiger partial charge in [-0.2, -0.15) is 0 Å². The lowest BCUT2D eigenvalue weighted by Gasteiger charge is -2.08. The molecule has 0 unspecified atom stereocenters. The van der Waals surface area contributed by atoms with Crippen LogP contribution in [0.15, 0.2) is 59.5 Å². The fraction of sp³-hybridized carbons (Fsp3) is 0.118. The lowest BCUT2D eigenvalue weighted by atomic mass is 10.2. The van der Waals surface area contributed by atoms with Crippen LogP contribution in [0.3, 0.4) is 0 Å². The van der Waals surface area contributed by atoms with Crippen molar-refractivity contribution in [2.75, 3.05) is 11.3 Å². The van der Waals surface area contributed by atoms with Crippen LogP contribution >= 0.6 is 0 Å². The van der Waals surface area contributed by atoms with Crippen LogP contribution in [0.1, 0.15) is 12.5 Å². The van der Waals surface area contributed by atoms with E-state index in [4.69, 9.17) is 4.74 Å². The van der Waals surface area contributed by atoms with E-state index in [1.165, 1.54) is 24.3 Å². The molecule has 2 aromatic rings. The minimum absolute atomic E-state index is 0.159. The van der Waals surface area contributed by atoms with Gasteiger partial charge in [-0.3, -0.25) is 4.72 Å². The molecule has 0 fully saturated rings. The van der Waals surface area contributed by atoms with Crippen molar-refractivity contribution in [3.8, 4) is 0 Å². The smallest absolute Gasteiger partial charge is 0.330 e. The van der Waals surface area contributed by atoms with Crippen molar-refractivity contribution < 1.29 is 22.3 Å². The number of hydrogen-bond donors (Lipinski definition) is 1. The van der Waals surface area contributed by atoms with Crippen molar-refractivity contribution in [2.24, 2.45) is 0 Å². The number of hydrogen-bond acceptors (Lipinski definition) is 4. The zero-order valence-electron chi connectivity index (χ0n) is 12.9. The van der Waals surface area contributed by atoms with Crippen LogP contribution in [0, 0.1) is 5.82 Å². The molecule has 0 amide bonds.